The van der Waals surface area contributed by atoms with Crippen molar-refractivity contribution in [2.75, 3.05) is 0 Å². The molecule has 0 saturated heterocycles. The molecule has 3 rings (SSSR count). The maximum absolute atomic E-state index is 11.1. The highest BCUT2D eigenvalue weighted by atomic mass is 35.5. The van der Waals surface area contributed by atoms with Crippen LogP contribution < -0.4 is 12.4 Å². The Morgan fingerprint density at radius 3 is 0.902 bits per heavy atom. The zero-order chi connectivity index (χ0) is 29.2. The Morgan fingerprint density at radius 1 is 0.439 bits per heavy atom. The number of aryl methyl sites for hydroxylation is 6. The molecule has 3 N–H and O–H groups in total. The number of phenols is 3. The van der Waals surface area contributed by atoms with Crippen LogP contribution in [0.2, 0.25) is 0 Å². The fraction of sp³-hybridized carbons (Fsp3) is 0.500. The van der Waals surface area contributed by atoms with E-state index in [1.165, 1.54) is 14.7 Å². The Morgan fingerprint density at radius 2 is 0.683 bits per heavy atom. The van der Waals surface area contributed by atoms with E-state index in [4.69, 9.17) is 0 Å². The molecule has 0 atom stereocenters. The second-order valence-corrected chi connectivity index (χ2v) is 13.0. The summed E-state index contributed by atoms with van der Waals surface area (Å²) >= 11 is 0. The van der Waals surface area contributed by atoms with E-state index in [2.05, 4.69) is 77.9 Å². The molecule has 0 heterocycles. The van der Waals surface area contributed by atoms with Crippen LogP contribution in [0.25, 0.3) is 0 Å². The van der Waals surface area contributed by atoms with Gasteiger partial charge in [0, 0.05) is 36.4 Å². The van der Waals surface area contributed by atoms with Crippen LogP contribution in [0.5, 0.6) is 17.2 Å². The monoisotopic (exact) mass is 598 g/mol. The zero-order valence-electron chi connectivity index (χ0n) is 26.1. The number of hydrogen-bond donors (Lipinski definition) is 3. The van der Waals surface area contributed by atoms with Crippen LogP contribution >= 0.6 is 0 Å². The molecular weight excluding hydrogens is 548 g/mol. The van der Waals surface area contributed by atoms with Gasteiger partial charge in [0.1, 0.15) is 17.2 Å². The predicted molar refractivity (Wildman–Crippen MR) is 170 cm³/mol. The fourth-order valence-electron chi connectivity index (χ4n) is 5.43. The summed E-state index contributed by atoms with van der Waals surface area (Å²) in [6.45, 7) is 12.9. The molecule has 3 nitrogen and oxygen atoms in total. The lowest BCUT2D eigenvalue weighted by Gasteiger charge is -2.18. The van der Waals surface area contributed by atoms with E-state index in [1.807, 2.05) is 0 Å². The minimum Gasteiger partial charge on any atom is -1.00 e. The summed E-state index contributed by atoms with van der Waals surface area (Å²) in [5, 5.41) is 33.4. The normalized spacial score (nSPS) is 11.2. The van der Waals surface area contributed by atoms with Gasteiger partial charge in [-0.3, -0.25) is 0 Å². The molecule has 3 aromatic rings. The van der Waals surface area contributed by atoms with E-state index >= 15 is 0 Å². The van der Waals surface area contributed by atoms with Crippen LogP contribution in [0, 0.1) is 0 Å². The second kappa shape index (κ2) is 17.0. The van der Waals surface area contributed by atoms with Gasteiger partial charge in [0.05, 0.1) is 10.9 Å². The maximum Gasteiger partial charge on any atom is 0.167 e. The summed E-state index contributed by atoms with van der Waals surface area (Å²) in [5.74, 6) is 1.32. The molecule has 0 aliphatic rings. The quantitative estimate of drug-likeness (QED) is 0.172. The highest BCUT2D eigenvalue weighted by molar-refractivity contribution is 7.97. The van der Waals surface area contributed by atoms with Crippen LogP contribution in [-0.4, -0.2) is 15.3 Å². The van der Waals surface area contributed by atoms with Crippen molar-refractivity contribution in [3.63, 3.8) is 0 Å². The van der Waals surface area contributed by atoms with Crippen LogP contribution in [0.15, 0.2) is 51.1 Å². The molecule has 226 valence electrons. The molecule has 41 heavy (non-hydrogen) atoms. The number of halogens is 1. The third kappa shape index (κ3) is 8.38. The van der Waals surface area contributed by atoms with Crippen LogP contribution in [0.1, 0.15) is 113 Å². The topological polar surface area (TPSA) is 60.7 Å². The molecule has 0 amide bonds. The third-order valence-electron chi connectivity index (χ3n) is 7.97. The molecule has 0 spiro atoms. The highest BCUT2D eigenvalue weighted by Gasteiger charge is 2.33. The lowest BCUT2D eigenvalue weighted by atomic mass is 10.0. The van der Waals surface area contributed by atoms with E-state index in [9.17, 15) is 15.3 Å². The number of rotatable bonds is 15. The van der Waals surface area contributed by atoms with Crippen molar-refractivity contribution < 1.29 is 27.7 Å². The smallest absolute Gasteiger partial charge is 0.167 e. The van der Waals surface area contributed by atoms with Gasteiger partial charge < -0.3 is 27.7 Å². The first-order valence-corrected chi connectivity index (χ1v) is 16.8. The van der Waals surface area contributed by atoms with Crippen molar-refractivity contribution in [3.8, 4) is 17.2 Å². The first-order chi connectivity index (χ1) is 19.3. The van der Waals surface area contributed by atoms with E-state index in [-0.39, 0.29) is 12.4 Å². The van der Waals surface area contributed by atoms with Crippen LogP contribution in [0.3, 0.4) is 0 Å². The molecule has 0 aliphatic carbocycles. The molecule has 0 aromatic heterocycles. The molecule has 3 aromatic carbocycles. The Balaban J connectivity index is 0.00000588. The summed E-state index contributed by atoms with van der Waals surface area (Å²) in [6.07, 6.45) is 11.2. The standard InChI is InChI=1S/C36H50O3S.ClH/c1-7-13-16-28-22-31(19-25(10-4)34(28)37)40(32-20-26(11-5)35(38)29(23-32)17-14-8-2)33-21-27(12-6)36(39)30(24-33)18-15-9-3;/h19-24H,7-18H2,1-6H3,(H2-,37,38,39);1H. The van der Waals surface area contributed by atoms with Gasteiger partial charge in [-0.15, -0.1) is 0 Å². The Labute approximate surface area is 258 Å². The third-order valence-corrected chi connectivity index (χ3v) is 10.1. The van der Waals surface area contributed by atoms with Crippen molar-refractivity contribution in [1.29, 1.82) is 0 Å². The van der Waals surface area contributed by atoms with Crippen molar-refractivity contribution in [3.05, 3.63) is 69.8 Å². The largest absolute Gasteiger partial charge is 1.00 e. The molecule has 0 saturated carbocycles. The van der Waals surface area contributed by atoms with Gasteiger partial charge in [0.15, 0.2) is 14.7 Å². The summed E-state index contributed by atoms with van der Waals surface area (Å²) in [6, 6.07) is 13.3. The minimum atomic E-state index is -0.456. The maximum atomic E-state index is 11.1. The SMILES string of the molecule is CCCCc1cc([S+](c2cc(CC)c(O)c(CCCC)c2)c2cc(CC)c(O)c(CCCC)c2)cc(CC)c1O.[Cl-]. The first kappa shape index (κ1) is 34.9. The molecule has 0 unspecified atom stereocenters. The minimum absolute atomic E-state index is 0. The van der Waals surface area contributed by atoms with Crippen LogP contribution in [0.4, 0.5) is 0 Å². The molecule has 0 fully saturated rings. The average molecular weight is 599 g/mol. The number of benzene rings is 3. The van der Waals surface area contributed by atoms with Crippen molar-refractivity contribution in [2.45, 2.75) is 133 Å². The Kier molecular flexibility index (Phi) is 14.4. The Bertz CT molecular complexity index is 1110. The summed E-state index contributed by atoms with van der Waals surface area (Å²) < 4.78 is 0. The van der Waals surface area contributed by atoms with Crippen LogP contribution in [-0.2, 0) is 49.4 Å². The van der Waals surface area contributed by atoms with Crippen molar-refractivity contribution in [1.82, 2.24) is 0 Å². The number of unbranched alkanes of at least 4 members (excludes halogenated alkanes) is 3. The van der Waals surface area contributed by atoms with Gasteiger partial charge in [-0.05, 0) is 91.2 Å². The molecular formula is C36H51ClO3S. The van der Waals surface area contributed by atoms with Crippen molar-refractivity contribution in [2.24, 2.45) is 0 Å². The fourth-order valence-corrected chi connectivity index (χ4v) is 7.81. The molecule has 0 bridgehead atoms. The lowest BCUT2D eigenvalue weighted by Crippen LogP contribution is -3.00. The zero-order valence-corrected chi connectivity index (χ0v) is 27.6. The molecule has 5 heteroatoms. The van der Waals surface area contributed by atoms with Crippen molar-refractivity contribution >= 4 is 10.9 Å². The molecule has 0 radical (unpaired) electrons. The predicted octanol–water partition coefficient (Wildman–Crippen LogP) is 6.62. The van der Waals surface area contributed by atoms with Gasteiger partial charge in [0.25, 0.3) is 0 Å². The van der Waals surface area contributed by atoms with Gasteiger partial charge >= 0.3 is 0 Å². The second-order valence-electron chi connectivity index (χ2n) is 10.9. The van der Waals surface area contributed by atoms with E-state index < -0.39 is 10.9 Å². The lowest BCUT2D eigenvalue weighted by molar-refractivity contribution is -0.0000114. The van der Waals surface area contributed by atoms with Gasteiger partial charge in [-0.2, -0.15) is 0 Å². The van der Waals surface area contributed by atoms with E-state index in [1.54, 1.807) is 0 Å². The number of phenolic OH excluding ortho intramolecular Hbond substituents is 3. The average Bonchev–Trinajstić information content (AvgIpc) is 2.96. The van der Waals surface area contributed by atoms with Gasteiger partial charge in [-0.1, -0.05) is 60.8 Å². The van der Waals surface area contributed by atoms with Gasteiger partial charge in [0.2, 0.25) is 0 Å². The molecule has 0 aliphatic heterocycles. The first-order valence-electron chi connectivity index (χ1n) is 15.6. The Hall–Kier alpha value is -2.30. The van der Waals surface area contributed by atoms with E-state index in [0.717, 1.165) is 110 Å². The summed E-state index contributed by atoms with van der Waals surface area (Å²) in [5.41, 5.74) is 6.04. The summed E-state index contributed by atoms with van der Waals surface area (Å²) in [7, 11) is -0.456. The van der Waals surface area contributed by atoms with Gasteiger partial charge in [-0.25, -0.2) is 0 Å². The highest BCUT2D eigenvalue weighted by Crippen LogP contribution is 2.41. The summed E-state index contributed by atoms with van der Waals surface area (Å²) in [4.78, 5) is 3.59. The number of hydrogen-bond acceptors (Lipinski definition) is 3. The number of aromatic hydroxyl groups is 3. The van der Waals surface area contributed by atoms with E-state index in [0.29, 0.717) is 17.2 Å².